The molecule has 13 nitrogen and oxygen atoms in total. The molecular weight excluding hydrogens is 571 g/mol. The predicted octanol–water partition coefficient (Wildman–Crippen LogP) is 2.06. The average molecular weight is 605 g/mol. The zero-order chi connectivity index (χ0) is 32.2. The van der Waals surface area contributed by atoms with Crippen molar-refractivity contribution in [3.05, 3.63) is 95.8 Å². The van der Waals surface area contributed by atoms with Gasteiger partial charge in [0.05, 0.1) is 13.2 Å². The Hall–Kier alpha value is -4.92. The molecule has 14 heteroatoms. The van der Waals surface area contributed by atoms with Crippen LogP contribution in [0.15, 0.2) is 78.9 Å². The number of halogens is 1. The third-order valence-electron chi connectivity index (χ3n) is 5.53. The number of hydrogen-bond donors (Lipinski definition) is 5. The summed E-state index contributed by atoms with van der Waals surface area (Å²) >= 11 is 0. The molecule has 1 fully saturated rings. The Bertz CT molecular complexity index is 1180. The van der Waals surface area contributed by atoms with Gasteiger partial charge in [0.2, 0.25) is 0 Å². The lowest BCUT2D eigenvalue weighted by Crippen LogP contribution is -2.48. The van der Waals surface area contributed by atoms with E-state index in [2.05, 4.69) is 4.90 Å². The van der Waals surface area contributed by atoms with E-state index in [-0.39, 0.29) is 18.5 Å². The van der Waals surface area contributed by atoms with Crippen LogP contribution in [0.4, 0.5) is 4.39 Å². The van der Waals surface area contributed by atoms with E-state index in [1.807, 2.05) is 35.2 Å². The van der Waals surface area contributed by atoms with Gasteiger partial charge in [-0.15, -0.1) is 0 Å². The number of carbonyl (C=O) groups is 5. The summed E-state index contributed by atoms with van der Waals surface area (Å²) in [5.41, 5.74) is 1.96. The van der Waals surface area contributed by atoms with Crippen LogP contribution < -0.4 is 0 Å². The molecular formula is C29H33FN2O11. The monoisotopic (exact) mass is 604 g/mol. The second kappa shape index (κ2) is 20.0. The lowest BCUT2D eigenvalue weighted by Gasteiger charge is -2.34. The van der Waals surface area contributed by atoms with Gasteiger partial charge in [-0.1, -0.05) is 42.5 Å². The van der Waals surface area contributed by atoms with Crippen LogP contribution in [0.2, 0.25) is 0 Å². The van der Waals surface area contributed by atoms with E-state index in [0.717, 1.165) is 43.9 Å². The topological polar surface area (TPSA) is 202 Å². The zero-order valence-corrected chi connectivity index (χ0v) is 23.0. The Labute approximate surface area is 246 Å². The number of rotatable bonds is 12. The summed E-state index contributed by atoms with van der Waals surface area (Å²) in [7, 11) is 0. The van der Waals surface area contributed by atoms with Crippen LogP contribution in [0, 0.1) is 5.82 Å². The summed E-state index contributed by atoms with van der Waals surface area (Å²) in [6.07, 6.45) is 2.00. The van der Waals surface area contributed by atoms with Crippen molar-refractivity contribution in [2.45, 2.75) is 6.10 Å². The van der Waals surface area contributed by atoms with Crippen molar-refractivity contribution in [3.63, 3.8) is 0 Å². The first-order chi connectivity index (χ1) is 20.4. The highest BCUT2D eigenvalue weighted by atomic mass is 19.1. The molecule has 2 aromatic rings. The molecule has 0 spiro atoms. The molecule has 0 radical (unpaired) electrons. The molecule has 1 aliphatic heterocycles. The minimum Gasteiger partial charge on any atom is -0.480 e. The average Bonchev–Trinajstić information content (AvgIpc) is 2.95. The summed E-state index contributed by atoms with van der Waals surface area (Å²) in [6, 6.07) is 16.4. The number of ether oxygens (including phenoxy) is 1. The van der Waals surface area contributed by atoms with Crippen molar-refractivity contribution in [1.29, 1.82) is 0 Å². The van der Waals surface area contributed by atoms with Gasteiger partial charge in [0.25, 0.3) is 0 Å². The molecule has 0 bridgehead atoms. The second-order valence-electron chi connectivity index (χ2n) is 8.74. The molecule has 1 unspecified atom stereocenters. The zero-order valence-electron chi connectivity index (χ0n) is 23.0. The highest BCUT2D eigenvalue weighted by molar-refractivity contribution is 5.90. The van der Waals surface area contributed by atoms with Crippen LogP contribution >= 0.6 is 0 Å². The molecule has 0 aliphatic carbocycles. The highest BCUT2D eigenvalue weighted by Crippen LogP contribution is 2.26. The van der Waals surface area contributed by atoms with E-state index < -0.39 is 29.8 Å². The normalized spacial score (nSPS) is 14.2. The summed E-state index contributed by atoms with van der Waals surface area (Å²) in [5.74, 6) is -6.07. The summed E-state index contributed by atoms with van der Waals surface area (Å²) in [5, 5.41) is 40.1. The van der Waals surface area contributed by atoms with Gasteiger partial charge in [-0.2, -0.15) is 0 Å². The van der Waals surface area contributed by atoms with Gasteiger partial charge in [0.1, 0.15) is 11.9 Å². The Morgan fingerprint density at radius 3 is 1.51 bits per heavy atom. The quantitative estimate of drug-likeness (QED) is 0.221. The Balaban J connectivity index is 0.000000476. The summed E-state index contributed by atoms with van der Waals surface area (Å²) in [4.78, 5) is 53.2. The van der Waals surface area contributed by atoms with Crippen LogP contribution in [0.25, 0.3) is 0 Å². The Kier molecular flexibility index (Phi) is 16.8. The van der Waals surface area contributed by atoms with Gasteiger partial charge in [0, 0.05) is 57.0 Å². The molecule has 1 heterocycles. The third-order valence-corrected chi connectivity index (χ3v) is 5.53. The van der Waals surface area contributed by atoms with Gasteiger partial charge in [0.15, 0.2) is 0 Å². The second-order valence-corrected chi connectivity index (χ2v) is 8.74. The fourth-order valence-corrected chi connectivity index (χ4v) is 3.60. The molecule has 0 amide bonds. The fourth-order valence-electron chi connectivity index (χ4n) is 3.60. The van der Waals surface area contributed by atoms with Crippen molar-refractivity contribution < 1.29 is 58.6 Å². The number of carboxylic acids is 5. The molecule has 1 atom stereocenters. The molecule has 43 heavy (non-hydrogen) atoms. The van der Waals surface area contributed by atoms with Crippen LogP contribution in [0.5, 0.6) is 0 Å². The number of nitrogens with zero attached hydrogens (tertiary/aromatic N) is 2. The molecule has 1 aliphatic rings. The van der Waals surface area contributed by atoms with E-state index in [1.54, 1.807) is 12.1 Å². The first-order valence-corrected chi connectivity index (χ1v) is 12.7. The molecule has 5 N–H and O–H groups in total. The summed E-state index contributed by atoms with van der Waals surface area (Å²) < 4.78 is 19.4. The smallest absolute Gasteiger partial charge is 0.328 e. The molecule has 232 valence electrons. The lowest BCUT2D eigenvalue weighted by atomic mass is 10.0. The minimum absolute atomic E-state index is 0.102. The molecule has 1 saturated heterocycles. The van der Waals surface area contributed by atoms with E-state index in [9.17, 15) is 28.4 Å². The van der Waals surface area contributed by atoms with E-state index in [4.69, 9.17) is 30.3 Å². The number of hydrogen-bond acceptors (Lipinski definition) is 8. The number of benzene rings is 2. The van der Waals surface area contributed by atoms with Gasteiger partial charge >= 0.3 is 29.8 Å². The largest absolute Gasteiger partial charge is 0.480 e. The van der Waals surface area contributed by atoms with Gasteiger partial charge in [-0.3, -0.25) is 14.6 Å². The van der Waals surface area contributed by atoms with Crippen LogP contribution in [-0.4, -0.2) is 111 Å². The van der Waals surface area contributed by atoms with E-state index >= 15 is 0 Å². The maximum atomic E-state index is 13.3. The summed E-state index contributed by atoms with van der Waals surface area (Å²) in [6.45, 7) is 4.62. The van der Waals surface area contributed by atoms with Gasteiger partial charge in [-0.25, -0.2) is 23.6 Å². The van der Waals surface area contributed by atoms with Crippen molar-refractivity contribution in [3.8, 4) is 0 Å². The third kappa shape index (κ3) is 17.5. The van der Waals surface area contributed by atoms with Gasteiger partial charge < -0.3 is 30.3 Å². The SMILES string of the molecule is O=C(O)/C=C\C(=O)O.O=C(O)/C=C\C(=O)O.O=C(O)CN1CCN(CCOC(c2ccccc2)c2ccc(F)cc2)CC1. The van der Waals surface area contributed by atoms with E-state index in [0.29, 0.717) is 30.9 Å². The molecule has 2 aromatic carbocycles. The Morgan fingerprint density at radius 1 is 0.674 bits per heavy atom. The van der Waals surface area contributed by atoms with Crippen LogP contribution in [0.1, 0.15) is 17.2 Å². The first kappa shape index (κ1) is 36.1. The van der Waals surface area contributed by atoms with Crippen molar-refractivity contribution >= 4 is 29.8 Å². The maximum absolute atomic E-state index is 13.3. The van der Waals surface area contributed by atoms with Crippen molar-refractivity contribution in [2.75, 3.05) is 45.9 Å². The minimum atomic E-state index is -1.26. The molecule has 0 aromatic heterocycles. The Morgan fingerprint density at radius 2 is 1.09 bits per heavy atom. The molecule has 0 saturated carbocycles. The highest BCUT2D eigenvalue weighted by Gasteiger charge is 2.20. The van der Waals surface area contributed by atoms with Crippen LogP contribution in [-0.2, 0) is 28.7 Å². The van der Waals surface area contributed by atoms with Crippen molar-refractivity contribution in [1.82, 2.24) is 9.80 Å². The number of aliphatic carboxylic acids is 5. The van der Waals surface area contributed by atoms with Crippen molar-refractivity contribution in [2.24, 2.45) is 0 Å². The molecule has 3 rings (SSSR count). The lowest BCUT2D eigenvalue weighted by molar-refractivity contribution is -0.139. The number of piperazine rings is 1. The van der Waals surface area contributed by atoms with Gasteiger partial charge in [-0.05, 0) is 23.3 Å². The number of carboxylic acid groups (broad SMARTS) is 5. The first-order valence-electron chi connectivity index (χ1n) is 12.7. The predicted molar refractivity (Wildman–Crippen MR) is 150 cm³/mol. The van der Waals surface area contributed by atoms with Crippen LogP contribution in [0.3, 0.4) is 0 Å². The van der Waals surface area contributed by atoms with E-state index in [1.165, 1.54) is 12.1 Å². The maximum Gasteiger partial charge on any atom is 0.328 e. The standard InChI is InChI=1S/C21H25FN2O3.2C4H4O4/c22-19-8-6-18(7-9-19)21(17-4-2-1-3-5-17)27-15-14-23-10-12-24(13-11-23)16-20(25)26;2*5-3(6)1-2-4(7)8/h1-9,21H,10-16H2,(H,25,26);2*1-2H,(H,5,6)(H,7,8)/b;2*2-1-. The fraction of sp³-hybridized carbons (Fsp3) is 0.276.